The molecule has 0 aliphatic rings. The Balaban J connectivity index is 2.64. The molecule has 1 heterocycles. The molecule has 2 aromatic rings. The van der Waals surface area contributed by atoms with Crippen LogP contribution in [0.1, 0.15) is 11.1 Å². The number of hydrogen-bond acceptors (Lipinski definition) is 2. The lowest BCUT2D eigenvalue weighted by Gasteiger charge is -2.08. The second-order valence-electron chi connectivity index (χ2n) is 3.89. The van der Waals surface area contributed by atoms with Gasteiger partial charge in [0, 0.05) is 5.56 Å². The zero-order chi connectivity index (χ0) is 11.7. The predicted molar refractivity (Wildman–Crippen MR) is 63.5 cm³/mol. The number of nitrogen functional groups attached to an aromatic ring is 1. The van der Waals surface area contributed by atoms with Gasteiger partial charge in [-0.1, -0.05) is 12.1 Å². The molecule has 0 fully saturated rings. The molecule has 0 atom stereocenters. The fraction of sp³-hybridized carbons (Fsp3) is 0.154. The van der Waals surface area contributed by atoms with Crippen molar-refractivity contribution >= 4 is 5.82 Å². The van der Waals surface area contributed by atoms with E-state index < -0.39 is 0 Å². The molecule has 0 saturated carbocycles. The molecule has 16 heavy (non-hydrogen) atoms. The molecule has 0 amide bonds. The van der Waals surface area contributed by atoms with E-state index in [2.05, 4.69) is 4.98 Å². The number of hydrogen-bond donors (Lipinski definition) is 1. The topological polar surface area (TPSA) is 38.9 Å². The number of rotatable bonds is 1. The highest BCUT2D eigenvalue weighted by molar-refractivity contribution is 5.66. The number of aryl methyl sites for hydroxylation is 2. The zero-order valence-electron chi connectivity index (χ0n) is 9.29. The molecule has 0 bridgehead atoms. The van der Waals surface area contributed by atoms with Gasteiger partial charge >= 0.3 is 0 Å². The van der Waals surface area contributed by atoms with E-state index in [1.165, 1.54) is 6.07 Å². The summed E-state index contributed by atoms with van der Waals surface area (Å²) in [7, 11) is 0. The number of halogens is 1. The molecule has 0 saturated heterocycles. The Kier molecular flexibility index (Phi) is 2.60. The fourth-order valence-electron chi connectivity index (χ4n) is 1.83. The van der Waals surface area contributed by atoms with Gasteiger partial charge in [-0.25, -0.2) is 9.37 Å². The third-order valence-corrected chi connectivity index (χ3v) is 2.46. The molecule has 0 radical (unpaired) electrons. The predicted octanol–water partition coefficient (Wildman–Crippen LogP) is 3.09. The van der Waals surface area contributed by atoms with Crippen LogP contribution in [-0.4, -0.2) is 4.98 Å². The number of nitrogens with zero attached hydrogens (tertiary/aromatic N) is 1. The standard InChI is InChI=1S/C13H13FN2/c1-8-6-9(2)13(10(14)7-8)11-4-3-5-12(15)16-11/h3-7H,1-2H3,(H2,15,16). The van der Waals surface area contributed by atoms with Crippen LogP contribution in [0.5, 0.6) is 0 Å². The average Bonchev–Trinajstić information content (AvgIpc) is 2.15. The average molecular weight is 216 g/mol. The highest BCUT2D eigenvalue weighted by Gasteiger charge is 2.10. The van der Waals surface area contributed by atoms with E-state index in [0.29, 0.717) is 17.1 Å². The van der Waals surface area contributed by atoms with Gasteiger partial charge in [0.25, 0.3) is 0 Å². The first-order valence-corrected chi connectivity index (χ1v) is 5.07. The summed E-state index contributed by atoms with van der Waals surface area (Å²) in [6.45, 7) is 3.74. The second kappa shape index (κ2) is 3.93. The monoisotopic (exact) mass is 216 g/mol. The molecule has 1 aromatic carbocycles. The first kappa shape index (κ1) is 10.6. The van der Waals surface area contributed by atoms with Crippen LogP contribution in [-0.2, 0) is 0 Å². The highest BCUT2D eigenvalue weighted by Crippen LogP contribution is 2.26. The van der Waals surface area contributed by atoms with Crippen molar-refractivity contribution in [3.8, 4) is 11.3 Å². The molecule has 3 heteroatoms. The number of anilines is 1. The van der Waals surface area contributed by atoms with Gasteiger partial charge in [0.1, 0.15) is 11.6 Å². The van der Waals surface area contributed by atoms with Crippen LogP contribution < -0.4 is 5.73 Å². The Morgan fingerprint density at radius 3 is 2.56 bits per heavy atom. The molecule has 2 rings (SSSR count). The first-order valence-electron chi connectivity index (χ1n) is 5.07. The Labute approximate surface area is 93.9 Å². The summed E-state index contributed by atoms with van der Waals surface area (Å²) in [6, 6.07) is 8.66. The van der Waals surface area contributed by atoms with Crippen molar-refractivity contribution in [3.05, 3.63) is 47.3 Å². The van der Waals surface area contributed by atoms with Crippen LogP contribution in [0.2, 0.25) is 0 Å². The summed E-state index contributed by atoms with van der Waals surface area (Å²) in [5, 5.41) is 0. The van der Waals surface area contributed by atoms with E-state index in [-0.39, 0.29) is 5.82 Å². The van der Waals surface area contributed by atoms with E-state index >= 15 is 0 Å². The highest BCUT2D eigenvalue weighted by atomic mass is 19.1. The maximum Gasteiger partial charge on any atom is 0.133 e. The Morgan fingerprint density at radius 1 is 1.19 bits per heavy atom. The van der Waals surface area contributed by atoms with E-state index in [1.54, 1.807) is 18.2 Å². The summed E-state index contributed by atoms with van der Waals surface area (Å²) < 4.78 is 13.8. The Hall–Kier alpha value is -1.90. The summed E-state index contributed by atoms with van der Waals surface area (Å²) in [5.41, 5.74) is 8.47. The van der Waals surface area contributed by atoms with E-state index in [4.69, 9.17) is 5.73 Å². The molecule has 0 spiro atoms. The Morgan fingerprint density at radius 2 is 1.94 bits per heavy atom. The van der Waals surface area contributed by atoms with Crippen LogP contribution in [0.4, 0.5) is 10.2 Å². The molecule has 0 aliphatic heterocycles. The van der Waals surface area contributed by atoms with Crippen LogP contribution in [0, 0.1) is 19.7 Å². The maximum atomic E-state index is 13.8. The van der Waals surface area contributed by atoms with Crippen LogP contribution in [0.3, 0.4) is 0 Å². The van der Waals surface area contributed by atoms with Crippen molar-refractivity contribution in [2.45, 2.75) is 13.8 Å². The van der Waals surface area contributed by atoms with Gasteiger partial charge in [-0.15, -0.1) is 0 Å². The maximum absolute atomic E-state index is 13.8. The zero-order valence-corrected chi connectivity index (χ0v) is 9.29. The number of nitrogens with two attached hydrogens (primary N) is 1. The fourth-order valence-corrected chi connectivity index (χ4v) is 1.83. The lowest BCUT2D eigenvalue weighted by Crippen LogP contribution is -1.96. The van der Waals surface area contributed by atoms with Crippen molar-refractivity contribution in [2.24, 2.45) is 0 Å². The van der Waals surface area contributed by atoms with Crippen molar-refractivity contribution in [3.63, 3.8) is 0 Å². The van der Waals surface area contributed by atoms with Crippen molar-refractivity contribution in [1.29, 1.82) is 0 Å². The van der Waals surface area contributed by atoms with Crippen LogP contribution >= 0.6 is 0 Å². The van der Waals surface area contributed by atoms with E-state index in [1.807, 2.05) is 19.9 Å². The third kappa shape index (κ3) is 1.89. The minimum Gasteiger partial charge on any atom is -0.384 e. The van der Waals surface area contributed by atoms with Crippen molar-refractivity contribution in [2.75, 3.05) is 5.73 Å². The quantitative estimate of drug-likeness (QED) is 0.795. The van der Waals surface area contributed by atoms with E-state index in [9.17, 15) is 4.39 Å². The van der Waals surface area contributed by atoms with Gasteiger partial charge in [0.2, 0.25) is 0 Å². The number of aromatic nitrogens is 1. The van der Waals surface area contributed by atoms with E-state index in [0.717, 1.165) is 11.1 Å². The third-order valence-electron chi connectivity index (χ3n) is 2.46. The molecule has 82 valence electrons. The first-order chi connectivity index (χ1) is 7.58. The molecule has 0 unspecified atom stereocenters. The second-order valence-corrected chi connectivity index (χ2v) is 3.89. The van der Waals surface area contributed by atoms with Gasteiger partial charge in [0.15, 0.2) is 0 Å². The SMILES string of the molecule is Cc1cc(C)c(-c2cccc(N)n2)c(F)c1. The molecular weight excluding hydrogens is 203 g/mol. The van der Waals surface area contributed by atoms with Gasteiger partial charge in [0.05, 0.1) is 5.69 Å². The lowest BCUT2D eigenvalue weighted by molar-refractivity contribution is 0.628. The Bertz CT molecular complexity index is 512. The molecule has 2 nitrogen and oxygen atoms in total. The molecule has 1 aromatic heterocycles. The summed E-state index contributed by atoms with van der Waals surface area (Å²) in [6.07, 6.45) is 0. The minimum atomic E-state index is -0.254. The summed E-state index contributed by atoms with van der Waals surface area (Å²) in [4.78, 5) is 4.13. The van der Waals surface area contributed by atoms with Gasteiger partial charge in [-0.3, -0.25) is 0 Å². The largest absolute Gasteiger partial charge is 0.384 e. The van der Waals surface area contributed by atoms with Gasteiger partial charge < -0.3 is 5.73 Å². The van der Waals surface area contributed by atoms with Crippen molar-refractivity contribution in [1.82, 2.24) is 4.98 Å². The van der Waals surface area contributed by atoms with Crippen LogP contribution in [0.25, 0.3) is 11.3 Å². The molecule has 2 N–H and O–H groups in total. The molecular formula is C13H13FN2. The summed E-state index contributed by atoms with van der Waals surface area (Å²) >= 11 is 0. The smallest absolute Gasteiger partial charge is 0.133 e. The number of pyridine rings is 1. The normalized spacial score (nSPS) is 10.4. The molecule has 0 aliphatic carbocycles. The van der Waals surface area contributed by atoms with Gasteiger partial charge in [-0.05, 0) is 43.2 Å². The lowest BCUT2D eigenvalue weighted by atomic mass is 10.0. The van der Waals surface area contributed by atoms with Gasteiger partial charge in [-0.2, -0.15) is 0 Å². The van der Waals surface area contributed by atoms with Crippen molar-refractivity contribution < 1.29 is 4.39 Å². The van der Waals surface area contributed by atoms with Crippen LogP contribution in [0.15, 0.2) is 30.3 Å². The number of benzene rings is 1. The summed E-state index contributed by atoms with van der Waals surface area (Å²) in [5.74, 6) is 0.146. The minimum absolute atomic E-state index is 0.254.